The van der Waals surface area contributed by atoms with Crippen LogP contribution in [-0.4, -0.2) is 35.4 Å². The quantitative estimate of drug-likeness (QED) is 0.199. The van der Waals surface area contributed by atoms with E-state index in [1.165, 1.54) is 17.0 Å². The number of benzene rings is 1. The summed E-state index contributed by atoms with van der Waals surface area (Å²) in [6, 6.07) is 7.88. The number of likely N-dealkylation sites (N-methyl/N-ethyl adjacent to an activating group) is 1. The monoisotopic (exact) mass is 426 g/mol. The van der Waals surface area contributed by atoms with Crippen LogP contribution in [0.3, 0.4) is 0 Å². The number of hydrogen-bond acceptors (Lipinski definition) is 7. The van der Waals surface area contributed by atoms with Crippen molar-refractivity contribution in [1.82, 2.24) is 10.2 Å². The molecule has 0 saturated carbocycles. The van der Waals surface area contributed by atoms with Gasteiger partial charge in [0.15, 0.2) is 0 Å². The predicted molar refractivity (Wildman–Crippen MR) is 113 cm³/mol. The van der Waals surface area contributed by atoms with Crippen molar-refractivity contribution in [3.05, 3.63) is 62.6 Å². The lowest BCUT2D eigenvalue weighted by molar-refractivity contribution is -0.384. The van der Waals surface area contributed by atoms with Gasteiger partial charge in [-0.25, -0.2) is 4.79 Å². The van der Waals surface area contributed by atoms with Gasteiger partial charge in [-0.2, -0.15) is 5.26 Å². The molecule has 0 aliphatic carbocycles. The number of nitrogens with one attached hydrogen (secondary N) is 1. The van der Waals surface area contributed by atoms with Gasteiger partial charge in [0.25, 0.3) is 5.69 Å². The van der Waals surface area contributed by atoms with Gasteiger partial charge in [0.05, 0.1) is 34.6 Å². The molecule has 1 aromatic rings. The molecule has 1 N–H and O–H groups in total. The summed E-state index contributed by atoms with van der Waals surface area (Å²) in [7, 11) is 0. The number of carbonyl (C=O) groups is 2. The molecule has 1 amide bonds. The first-order chi connectivity index (χ1) is 14.9. The van der Waals surface area contributed by atoms with Crippen molar-refractivity contribution in [2.24, 2.45) is 0 Å². The van der Waals surface area contributed by atoms with Crippen molar-refractivity contribution in [3.63, 3.8) is 0 Å². The molecule has 9 nitrogen and oxygen atoms in total. The molecular formula is C22H26N4O5. The lowest BCUT2D eigenvalue weighted by Crippen LogP contribution is -2.37. The summed E-state index contributed by atoms with van der Waals surface area (Å²) >= 11 is 0. The molecule has 0 spiro atoms. The average Bonchev–Trinajstić information content (AvgIpc) is 2.79. The molecular weight excluding hydrogens is 400 g/mol. The Balaban J connectivity index is 2.69. The van der Waals surface area contributed by atoms with Crippen LogP contribution in [0.2, 0.25) is 0 Å². The fourth-order valence-electron chi connectivity index (χ4n) is 3.61. The summed E-state index contributed by atoms with van der Waals surface area (Å²) in [5.74, 6) is -1.23. The van der Waals surface area contributed by atoms with E-state index in [1.54, 1.807) is 12.1 Å². The second-order valence-electron chi connectivity index (χ2n) is 6.81. The van der Waals surface area contributed by atoms with Gasteiger partial charge in [0.1, 0.15) is 6.61 Å². The number of hydrogen-bond donors (Lipinski definition) is 1. The Labute approximate surface area is 181 Å². The van der Waals surface area contributed by atoms with Gasteiger partial charge in [-0.3, -0.25) is 14.9 Å². The molecule has 0 radical (unpaired) electrons. The summed E-state index contributed by atoms with van der Waals surface area (Å²) in [4.78, 5) is 37.1. The molecule has 0 bridgehead atoms. The maximum absolute atomic E-state index is 13.1. The number of non-ortho nitro benzene ring substituents is 1. The van der Waals surface area contributed by atoms with Crippen LogP contribution in [0, 0.1) is 21.4 Å². The van der Waals surface area contributed by atoms with Crippen molar-refractivity contribution in [2.75, 3.05) is 13.2 Å². The predicted octanol–water partition coefficient (Wildman–Crippen LogP) is 3.50. The number of amides is 1. The minimum Gasteiger partial charge on any atom is -0.461 e. The van der Waals surface area contributed by atoms with E-state index in [4.69, 9.17) is 10.00 Å². The molecule has 9 heteroatoms. The zero-order valence-corrected chi connectivity index (χ0v) is 17.9. The Morgan fingerprint density at radius 3 is 2.39 bits per heavy atom. The third kappa shape index (κ3) is 5.09. The molecule has 31 heavy (non-hydrogen) atoms. The van der Waals surface area contributed by atoms with E-state index in [2.05, 4.69) is 5.32 Å². The minimum atomic E-state index is -0.647. The van der Waals surface area contributed by atoms with E-state index >= 15 is 0 Å². The number of dihydropyridines is 1. The van der Waals surface area contributed by atoms with Crippen molar-refractivity contribution in [2.45, 2.75) is 46.0 Å². The zero-order valence-electron chi connectivity index (χ0n) is 17.9. The molecule has 1 heterocycles. The Morgan fingerprint density at radius 1 is 1.26 bits per heavy atom. The number of nitrogens with zero attached hydrogens (tertiary/aromatic N) is 3. The second-order valence-corrected chi connectivity index (χ2v) is 6.81. The third-order valence-corrected chi connectivity index (χ3v) is 5.09. The molecule has 1 aromatic carbocycles. The highest BCUT2D eigenvalue weighted by molar-refractivity contribution is 5.93. The van der Waals surface area contributed by atoms with Crippen LogP contribution < -0.4 is 5.32 Å². The lowest BCUT2D eigenvalue weighted by atomic mass is 9.82. The van der Waals surface area contributed by atoms with Gasteiger partial charge in [-0.15, -0.1) is 0 Å². The van der Waals surface area contributed by atoms with Crippen LogP contribution in [0.1, 0.15) is 51.5 Å². The van der Waals surface area contributed by atoms with Gasteiger partial charge in [-0.1, -0.05) is 26.0 Å². The largest absolute Gasteiger partial charge is 0.461 e. The number of allylic oxidation sites excluding steroid dienone is 3. The summed E-state index contributed by atoms with van der Waals surface area (Å²) in [6.45, 7) is 6.00. The minimum absolute atomic E-state index is 0.0480. The first-order valence-corrected chi connectivity index (χ1v) is 10.2. The number of nitriles is 1. The summed E-state index contributed by atoms with van der Waals surface area (Å²) in [5, 5.41) is 23.1. The third-order valence-electron chi connectivity index (χ3n) is 5.09. The molecule has 1 aliphatic rings. The number of carbonyl (C=O) groups excluding carboxylic acids is 2. The van der Waals surface area contributed by atoms with E-state index in [9.17, 15) is 19.7 Å². The van der Waals surface area contributed by atoms with Gasteiger partial charge in [-0.05, 0) is 25.3 Å². The smallest absolute Gasteiger partial charge is 0.336 e. The zero-order chi connectivity index (χ0) is 23.0. The number of ether oxygens (including phenoxy) is 1. The molecule has 1 unspecified atom stereocenters. The van der Waals surface area contributed by atoms with Crippen LogP contribution in [0.15, 0.2) is 46.9 Å². The molecule has 1 atom stereocenters. The first-order valence-electron chi connectivity index (χ1n) is 10.2. The van der Waals surface area contributed by atoms with Gasteiger partial charge < -0.3 is 15.0 Å². The maximum Gasteiger partial charge on any atom is 0.336 e. The average molecular weight is 426 g/mol. The van der Waals surface area contributed by atoms with Gasteiger partial charge in [0, 0.05) is 30.1 Å². The van der Waals surface area contributed by atoms with Crippen LogP contribution >= 0.6 is 0 Å². The number of rotatable bonds is 10. The summed E-state index contributed by atoms with van der Waals surface area (Å²) in [5.41, 5.74) is 2.96. The Hall–Kier alpha value is -3.67. The van der Waals surface area contributed by atoms with Crippen molar-refractivity contribution in [3.8, 4) is 6.07 Å². The molecule has 0 fully saturated rings. The normalized spacial score (nSPS) is 15.7. The topological polar surface area (TPSA) is 126 Å². The number of nitro groups is 1. The highest BCUT2D eigenvalue weighted by atomic mass is 16.6. The molecule has 2 rings (SSSR count). The number of esters is 1. The Bertz CT molecular complexity index is 944. The van der Waals surface area contributed by atoms with Crippen LogP contribution in [0.4, 0.5) is 5.69 Å². The van der Waals surface area contributed by atoms with Gasteiger partial charge in [0.2, 0.25) is 6.41 Å². The van der Waals surface area contributed by atoms with Gasteiger partial charge >= 0.3 is 5.97 Å². The summed E-state index contributed by atoms with van der Waals surface area (Å²) < 4.78 is 5.33. The highest BCUT2D eigenvalue weighted by Gasteiger charge is 2.37. The molecule has 0 saturated heterocycles. The van der Waals surface area contributed by atoms with E-state index in [1.807, 2.05) is 26.8 Å². The van der Waals surface area contributed by atoms with Crippen LogP contribution in [-0.2, 0) is 14.3 Å². The standard InChI is InChI=1S/C22H26N4O5/c1-4-17-20(22(28)31-13-7-12-23)19(15-8-10-16(11-9-15)26(29)30)21(18(5-2)24-17)25(6-3)14-27/h8-11,14,19,24H,4-7,13H2,1-3H3. The Morgan fingerprint density at radius 2 is 1.90 bits per heavy atom. The van der Waals surface area contributed by atoms with Crippen molar-refractivity contribution >= 4 is 18.1 Å². The maximum atomic E-state index is 13.1. The van der Waals surface area contributed by atoms with Crippen LogP contribution in [0.25, 0.3) is 0 Å². The molecule has 164 valence electrons. The fourth-order valence-corrected chi connectivity index (χ4v) is 3.61. The fraction of sp³-hybridized carbons (Fsp3) is 0.409. The molecule has 1 aliphatic heterocycles. The lowest BCUT2D eigenvalue weighted by Gasteiger charge is -2.36. The first kappa shape index (κ1) is 23.6. The van der Waals surface area contributed by atoms with Crippen molar-refractivity contribution in [1.29, 1.82) is 5.26 Å². The summed E-state index contributed by atoms with van der Waals surface area (Å²) in [6.07, 6.45) is 1.87. The van der Waals surface area contributed by atoms with Crippen molar-refractivity contribution < 1.29 is 19.2 Å². The number of nitro benzene ring substituents is 1. The van der Waals surface area contributed by atoms with Crippen LogP contribution in [0.5, 0.6) is 0 Å². The molecule has 0 aromatic heterocycles. The highest BCUT2D eigenvalue weighted by Crippen LogP contribution is 2.41. The van der Waals surface area contributed by atoms with E-state index in [0.29, 0.717) is 48.3 Å². The van der Waals surface area contributed by atoms with E-state index in [-0.39, 0.29) is 18.7 Å². The van der Waals surface area contributed by atoms with E-state index < -0.39 is 16.8 Å². The second kappa shape index (κ2) is 10.9. The Kier molecular flexibility index (Phi) is 8.32. The van der Waals surface area contributed by atoms with E-state index in [0.717, 1.165) is 5.70 Å². The SMILES string of the molecule is CCC1=C(C(=O)OCCC#N)C(c2ccc([N+](=O)[O-])cc2)C(N(C=O)CC)=C(CC)N1.